The number of rotatable bonds is 5. The number of piperazine rings is 1. The molecule has 2 aromatic carbocycles. The van der Waals surface area contributed by atoms with Crippen molar-refractivity contribution in [3.05, 3.63) is 69.7 Å². The molecule has 1 saturated heterocycles. The second-order valence-electron chi connectivity index (χ2n) is 6.97. The largest absolute Gasteiger partial charge is 0.339 e. The van der Waals surface area contributed by atoms with Gasteiger partial charge in [0, 0.05) is 54.6 Å². The quantitative estimate of drug-likeness (QED) is 0.663. The fourth-order valence-corrected chi connectivity index (χ4v) is 3.46. The molecule has 3 rings (SSSR count). The van der Waals surface area contributed by atoms with Crippen molar-refractivity contribution in [3.63, 3.8) is 0 Å². The number of halogens is 1. The number of hydrogen-bond acceptors (Lipinski definition) is 3. The van der Waals surface area contributed by atoms with E-state index in [-0.39, 0.29) is 30.4 Å². The number of aryl methyl sites for hydroxylation is 1. The number of nitrogens with zero attached hydrogens (tertiary/aromatic N) is 2. The summed E-state index contributed by atoms with van der Waals surface area (Å²) in [6.07, 6.45) is 0.410. The first kappa shape index (κ1) is 20.3. The molecule has 0 bridgehead atoms. The van der Waals surface area contributed by atoms with Crippen LogP contribution in [0.3, 0.4) is 0 Å². The lowest BCUT2D eigenvalue weighted by molar-refractivity contribution is -0.132. The van der Waals surface area contributed by atoms with E-state index in [0.717, 1.165) is 10.0 Å². The van der Waals surface area contributed by atoms with E-state index < -0.39 is 0 Å². The average molecular weight is 443 g/mol. The summed E-state index contributed by atoms with van der Waals surface area (Å²) < 4.78 is 0.930. The van der Waals surface area contributed by atoms with Gasteiger partial charge in [0.15, 0.2) is 5.78 Å². The lowest BCUT2D eigenvalue weighted by atomic mass is 10.0. The second-order valence-corrected chi connectivity index (χ2v) is 7.88. The van der Waals surface area contributed by atoms with Gasteiger partial charge in [-0.3, -0.25) is 14.4 Å². The zero-order valence-corrected chi connectivity index (χ0v) is 17.4. The molecule has 0 spiro atoms. The van der Waals surface area contributed by atoms with Gasteiger partial charge in [0.25, 0.3) is 5.91 Å². The van der Waals surface area contributed by atoms with Gasteiger partial charge in [-0.1, -0.05) is 45.8 Å². The van der Waals surface area contributed by atoms with Gasteiger partial charge < -0.3 is 9.80 Å². The van der Waals surface area contributed by atoms with Crippen LogP contribution in [0.15, 0.2) is 53.0 Å². The summed E-state index contributed by atoms with van der Waals surface area (Å²) in [5.74, 6) is -0.0669. The van der Waals surface area contributed by atoms with E-state index in [1.165, 1.54) is 0 Å². The van der Waals surface area contributed by atoms with Crippen molar-refractivity contribution in [1.82, 2.24) is 9.80 Å². The first-order valence-electron chi connectivity index (χ1n) is 9.36. The highest BCUT2D eigenvalue weighted by Crippen LogP contribution is 2.15. The summed E-state index contributed by atoms with van der Waals surface area (Å²) in [6, 6.07) is 14.7. The first-order chi connectivity index (χ1) is 13.4. The zero-order chi connectivity index (χ0) is 20.1. The van der Waals surface area contributed by atoms with E-state index in [9.17, 15) is 14.4 Å². The minimum atomic E-state index is -0.0313. The molecule has 1 heterocycles. The molecule has 0 aromatic heterocycles. The smallest absolute Gasteiger partial charge is 0.253 e. The van der Waals surface area contributed by atoms with Gasteiger partial charge in [0.2, 0.25) is 5.91 Å². The molecular weight excluding hydrogens is 420 g/mol. The van der Waals surface area contributed by atoms with Crippen LogP contribution in [0.2, 0.25) is 0 Å². The van der Waals surface area contributed by atoms with E-state index in [0.29, 0.717) is 37.3 Å². The minimum absolute atomic E-state index is 0.0163. The molecule has 0 aliphatic carbocycles. The number of carbonyl (C=O) groups excluding carboxylic acids is 3. The van der Waals surface area contributed by atoms with Crippen LogP contribution in [0.1, 0.15) is 39.1 Å². The summed E-state index contributed by atoms with van der Waals surface area (Å²) in [5, 5.41) is 0. The molecular formula is C22H23BrN2O3. The molecule has 2 aromatic rings. The fourth-order valence-electron chi connectivity index (χ4n) is 3.20. The van der Waals surface area contributed by atoms with Gasteiger partial charge in [0.05, 0.1) is 0 Å². The van der Waals surface area contributed by atoms with Crippen LogP contribution in [0, 0.1) is 6.92 Å². The maximum atomic E-state index is 12.5. The van der Waals surface area contributed by atoms with E-state index in [1.54, 1.807) is 34.1 Å². The molecule has 0 saturated carbocycles. The highest BCUT2D eigenvalue weighted by molar-refractivity contribution is 9.10. The zero-order valence-electron chi connectivity index (χ0n) is 15.9. The minimum Gasteiger partial charge on any atom is -0.339 e. The van der Waals surface area contributed by atoms with Gasteiger partial charge >= 0.3 is 0 Å². The number of hydrogen-bond donors (Lipinski definition) is 0. The molecule has 2 amide bonds. The third kappa shape index (κ3) is 5.07. The molecule has 1 aliphatic rings. The number of benzene rings is 2. The Balaban J connectivity index is 1.47. The summed E-state index contributed by atoms with van der Waals surface area (Å²) in [4.78, 5) is 40.7. The van der Waals surface area contributed by atoms with Gasteiger partial charge in [-0.05, 0) is 31.2 Å². The standard InChI is InChI=1S/C22H23BrN2O3/c1-16-2-4-17(5-3-16)20(26)10-11-21(27)24-12-14-25(15-13-24)22(28)18-6-8-19(23)9-7-18/h2-9H,10-15H2,1H3. The number of Topliss-reactive ketones (excluding diaryl/α,β-unsaturated/α-hetero) is 1. The lowest BCUT2D eigenvalue weighted by Crippen LogP contribution is -2.50. The number of amides is 2. The Hall–Kier alpha value is -2.47. The van der Waals surface area contributed by atoms with Crippen molar-refractivity contribution in [3.8, 4) is 0 Å². The average Bonchev–Trinajstić information content (AvgIpc) is 2.72. The Bertz CT molecular complexity index is 854. The van der Waals surface area contributed by atoms with Crippen LogP contribution in [0.5, 0.6) is 0 Å². The van der Waals surface area contributed by atoms with Crippen molar-refractivity contribution < 1.29 is 14.4 Å². The SMILES string of the molecule is Cc1ccc(C(=O)CCC(=O)N2CCN(C(=O)c3ccc(Br)cc3)CC2)cc1. The Morgan fingerprint density at radius 3 is 1.93 bits per heavy atom. The third-order valence-corrected chi connectivity index (χ3v) is 5.48. The van der Waals surface area contributed by atoms with E-state index in [4.69, 9.17) is 0 Å². The van der Waals surface area contributed by atoms with Crippen molar-refractivity contribution in [2.75, 3.05) is 26.2 Å². The normalized spacial score (nSPS) is 14.1. The molecule has 28 heavy (non-hydrogen) atoms. The van der Waals surface area contributed by atoms with Crippen molar-refractivity contribution in [1.29, 1.82) is 0 Å². The Morgan fingerprint density at radius 1 is 0.786 bits per heavy atom. The third-order valence-electron chi connectivity index (χ3n) is 4.95. The van der Waals surface area contributed by atoms with E-state index in [1.807, 2.05) is 31.2 Å². The summed E-state index contributed by atoms with van der Waals surface area (Å²) in [7, 11) is 0. The monoisotopic (exact) mass is 442 g/mol. The molecule has 0 unspecified atom stereocenters. The van der Waals surface area contributed by atoms with Crippen LogP contribution in [-0.4, -0.2) is 53.6 Å². The van der Waals surface area contributed by atoms with Gasteiger partial charge in [-0.2, -0.15) is 0 Å². The summed E-state index contributed by atoms with van der Waals surface area (Å²) >= 11 is 3.36. The molecule has 5 nitrogen and oxygen atoms in total. The van der Waals surface area contributed by atoms with Crippen LogP contribution in [0.4, 0.5) is 0 Å². The number of ketones is 1. The molecule has 1 fully saturated rings. The lowest BCUT2D eigenvalue weighted by Gasteiger charge is -2.35. The highest BCUT2D eigenvalue weighted by Gasteiger charge is 2.25. The van der Waals surface area contributed by atoms with Crippen LogP contribution in [-0.2, 0) is 4.79 Å². The van der Waals surface area contributed by atoms with Gasteiger partial charge in [0.1, 0.15) is 0 Å². The molecule has 0 radical (unpaired) electrons. The number of carbonyl (C=O) groups is 3. The second kappa shape index (κ2) is 9.15. The van der Waals surface area contributed by atoms with Crippen molar-refractivity contribution in [2.45, 2.75) is 19.8 Å². The fraction of sp³-hybridized carbons (Fsp3) is 0.318. The van der Waals surface area contributed by atoms with Crippen LogP contribution in [0.25, 0.3) is 0 Å². The van der Waals surface area contributed by atoms with Crippen LogP contribution >= 0.6 is 15.9 Å². The van der Waals surface area contributed by atoms with Gasteiger partial charge in [-0.15, -0.1) is 0 Å². The van der Waals surface area contributed by atoms with Crippen LogP contribution < -0.4 is 0 Å². The van der Waals surface area contributed by atoms with E-state index in [2.05, 4.69) is 15.9 Å². The maximum Gasteiger partial charge on any atom is 0.253 e. The van der Waals surface area contributed by atoms with Crippen molar-refractivity contribution in [2.24, 2.45) is 0 Å². The highest BCUT2D eigenvalue weighted by atomic mass is 79.9. The molecule has 146 valence electrons. The van der Waals surface area contributed by atoms with E-state index >= 15 is 0 Å². The predicted molar refractivity (Wildman–Crippen MR) is 111 cm³/mol. The van der Waals surface area contributed by atoms with Gasteiger partial charge in [-0.25, -0.2) is 0 Å². The Kier molecular flexibility index (Phi) is 6.62. The predicted octanol–water partition coefficient (Wildman–Crippen LogP) is 3.71. The summed E-state index contributed by atoms with van der Waals surface area (Å²) in [5.41, 5.74) is 2.39. The van der Waals surface area contributed by atoms with Crippen molar-refractivity contribution >= 4 is 33.5 Å². The Morgan fingerprint density at radius 2 is 1.32 bits per heavy atom. The maximum absolute atomic E-state index is 12.5. The topological polar surface area (TPSA) is 57.7 Å². The molecule has 0 N–H and O–H groups in total. The first-order valence-corrected chi connectivity index (χ1v) is 10.2. The molecule has 0 atom stereocenters. The summed E-state index contributed by atoms with van der Waals surface area (Å²) in [6.45, 7) is 3.98. The Labute approximate surface area is 173 Å². The molecule has 6 heteroatoms. The molecule has 1 aliphatic heterocycles.